The fraction of sp³-hybridized carbons (Fsp3) is 0. The number of phenolic OH excluding ortho intramolecular Hbond substituents is 2. The molecule has 0 amide bonds. The van der Waals surface area contributed by atoms with Gasteiger partial charge in [-0.1, -0.05) is 24.3 Å². The maximum absolute atomic E-state index is 12.2. The molecule has 2 N–H and O–H groups in total. The van der Waals surface area contributed by atoms with Crippen molar-refractivity contribution in [2.24, 2.45) is 0 Å². The Morgan fingerprint density at radius 3 is 1.41 bits per heavy atom. The fourth-order valence-corrected chi connectivity index (χ4v) is 2.84. The van der Waals surface area contributed by atoms with Crippen molar-refractivity contribution >= 4 is 12.8 Å². The van der Waals surface area contributed by atoms with Crippen LogP contribution in [0, 0.1) is 0 Å². The van der Waals surface area contributed by atoms with Gasteiger partial charge in [0.15, 0.2) is 0 Å². The molecule has 0 aliphatic heterocycles. The van der Waals surface area contributed by atoms with Crippen molar-refractivity contribution in [2.45, 2.75) is 0 Å². The predicted octanol–water partition coefficient (Wildman–Crippen LogP) is 5.59. The summed E-state index contributed by atoms with van der Waals surface area (Å²) in [6.45, 7) is 2.00. The Bertz CT molecular complexity index is 1150. The number of carbonyl (C=O) groups is 2. The van der Waals surface area contributed by atoms with Gasteiger partial charge in [-0.3, -0.25) is 0 Å². The molecule has 0 saturated carbocycles. The molecular weight excluding hydrogens is 408 g/mol. The smallest absolute Gasteiger partial charge is 0.343 e. The van der Waals surface area contributed by atoms with Crippen LogP contribution in [0.1, 0.15) is 10.4 Å². The third kappa shape index (κ3) is 5.73. The van der Waals surface area contributed by atoms with Crippen molar-refractivity contribution in [3.8, 4) is 39.9 Å². The van der Waals surface area contributed by atoms with Crippen LogP contribution < -0.4 is 9.47 Å². The van der Waals surface area contributed by atoms with Gasteiger partial charge in [0.1, 0.15) is 35.5 Å². The van der Waals surface area contributed by atoms with Gasteiger partial charge in [-0.2, -0.15) is 0 Å². The highest BCUT2D eigenvalue weighted by Crippen LogP contribution is 2.28. The van der Waals surface area contributed by atoms with Crippen molar-refractivity contribution in [3.05, 3.63) is 103 Å². The minimum atomic E-state index is -0.488. The summed E-state index contributed by atoms with van der Waals surface area (Å²) in [4.78, 5) is 20.2. The number of carbonyl (C=O) groups excluding carboxylic acids is 2. The number of ether oxygens (including phenoxy) is 2. The van der Waals surface area contributed by atoms with Crippen molar-refractivity contribution in [1.82, 2.24) is 0 Å². The van der Waals surface area contributed by atoms with Crippen molar-refractivity contribution in [2.75, 3.05) is 0 Å². The highest BCUT2D eigenvalue weighted by molar-refractivity contribution is 5.91. The van der Waals surface area contributed by atoms with Gasteiger partial charge in [0.25, 0.3) is 0 Å². The van der Waals surface area contributed by atoms with Crippen LogP contribution in [-0.4, -0.2) is 23.0 Å². The van der Waals surface area contributed by atoms with Crippen LogP contribution >= 0.6 is 0 Å². The molecule has 32 heavy (non-hydrogen) atoms. The molecule has 0 unspecified atom stereocenters. The van der Waals surface area contributed by atoms with E-state index in [1.807, 2.05) is 43.2 Å². The Labute approximate surface area is 184 Å². The standard InChI is InChI=1S/C25H18O5.CH2O/c26-20-7-1-19(2-8-20)25(28)30-24-13-5-18(6-14-24)17-3-11-22(12-4-17)29-23-15-9-21(27)10-16-23;1-2/h1-16,26-27H;1H2. The van der Waals surface area contributed by atoms with Crippen LogP contribution in [0.15, 0.2) is 97.1 Å². The molecule has 6 heteroatoms. The van der Waals surface area contributed by atoms with Crippen LogP contribution in [0.25, 0.3) is 11.1 Å². The maximum atomic E-state index is 12.2. The molecule has 0 aliphatic carbocycles. The number of aromatic hydroxyl groups is 2. The van der Waals surface area contributed by atoms with Crippen LogP contribution in [-0.2, 0) is 4.79 Å². The highest BCUT2D eigenvalue weighted by atomic mass is 16.5. The average Bonchev–Trinajstić information content (AvgIpc) is 2.83. The van der Waals surface area contributed by atoms with Crippen LogP contribution in [0.2, 0.25) is 0 Å². The summed E-state index contributed by atoms with van der Waals surface area (Å²) < 4.78 is 11.1. The molecule has 4 aromatic rings. The van der Waals surface area contributed by atoms with Gasteiger partial charge < -0.3 is 24.5 Å². The molecule has 0 aliphatic rings. The molecule has 0 saturated heterocycles. The predicted molar refractivity (Wildman–Crippen MR) is 120 cm³/mol. The van der Waals surface area contributed by atoms with E-state index in [1.165, 1.54) is 24.3 Å². The minimum absolute atomic E-state index is 0.0930. The van der Waals surface area contributed by atoms with Gasteiger partial charge in [-0.15, -0.1) is 0 Å². The first-order chi connectivity index (χ1) is 15.6. The third-order valence-corrected chi connectivity index (χ3v) is 4.43. The summed E-state index contributed by atoms with van der Waals surface area (Å²) in [5.74, 6) is 1.55. The van der Waals surface area contributed by atoms with Crippen molar-refractivity contribution in [1.29, 1.82) is 0 Å². The Morgan fingerprint density at radius 1 is 0.562 bits per heavy atom. The summed E-state index contributed by atoms with van der Waals surface area (Å²) in [6.07, 6.45) is 0. The zero-order valence-corrected chi connectivity index (χ0v) is 17.0. The normalized spacial score (nSPS) is 9.88. The summed E-state index contributed by atoms with van der Waals surface area (Å²) in [5, 5.41) is 18.6. The Kier molecular flexibility index (Phi) is 7.22. The topological polar surface area (TPSA) is 93.1 Å². The van der Waals surface area contributed by atoms with E-state index in [2.05, 4.69) is 0 Å². The van der Waals surface area contributed by atoms with Crippen molar-refractivity contribution < 1.29 is 29.3 Å². The van der Waals surface area contributed by atoms with Crippen LogP contribution in [0.3, 0.4) is 0 Å². The van der Waals surface area contributed by atoms with Gasteiger partial charge in [0, 0.05) is 0 Å². The number of benzene rings is 4. The second kappa shape index (κ2) is 10.4. The number of rotatable bonds is 5. The first kappa shape index (κ1) is 22.1. The van der Waals surface area contributed by atoms with Crippen LogP contribution in [0.4, 0.5) is 0 Å². The largest absolute Gasteiger partial charge is 0.508 e. The molecule has 0 spiro atoms. The quantitative estimate of drug-likeness (QED) is 0.318. The second-order valence-corrected chi connectivity index (χ2v) is 6.58. The summed E-state index contributed by atoms with van der Waals surface area (Å²) in [5.41, 5.74) is 2.32. The molecule has 0 radical (unpaired) electrons. The zero-order valence-electron chi connectivity index (χ0n) is 17.0. The molecule has 6 nitrogen and oxygen atoms in total. The Morgan fingerprint density at radius 2 is 0.938 bits per heavy atom. The molecule has 0 bridgehead atoms. The monoisotopic (exact) mass is 428 g/mol. The lowest BCUT2D eigenvalue weighted by Gasteiger charge is -2.08. The maximum Gasteiger partial charge on any atom is 0.343 e. The number of phenols is 2. The Hall–Kier alpha value is -4.58. The first-order valence-corrected chi connectivity index (χ1v) is 9.54. The van der Waals surface area contributed by atoms with E-state index in [0.717, 1.165) is 11.1 Å². The third-order valence-electron chi connectivity index (χ3n) is 4.43. The number of esters is 1. The summed E-state index contributed by atoms with van der Waals surface area (Å²) >= 11 is 0. The lowest BCUT2D eigenvalue weighted by atomic mass is 10.1. The molecule has 0 aromatic heterocycles. The fourth-order valence-electron chi connectivity index (χ4n) is 2.84. The van der Waals surface area contributed by atoms with E-state index in [1.54, 1.807) is 36.4 Å². The van der Waals surface area contributed by atoms with Gasteiger partial charge in [-0.25, -0.2) is 4.79 Å². The van der Waals surface area contributed by atoms with Crippen molar-refractivity contribution in [3.63, 3.8) is 0 Å². The average molecular weight is 428 g/mol. The number of hydrogen-bond acceptors (Lipinski definition) is 6. The molecular formula is C26H20O6. The van der Waals surface area contributed by atoms with Gasteiger partial charge in [-0.05, 0) is 83.9 Å². The van der Waals surface area contributed by atoms with Crippen LogP contribution in [0.5, 0.6) is 28.7 Å². The second-order valence-electron chi connectivity index (χ2n) is 6.58. The summed E-state index contributed by atoms with van der Waals surface area (Å²) in [6, 6.07) is 27.2. The van der Waals surface area contributed by atoms with E-state index in [9.17, 15) is 15.0 Å². The lowest BCUT2D eigenvalue weighted by molar-refractivity contribution is -0.0980. The molecule has 160 valence electrons. The molecule has 0 heterocycles. The SMILES string of the molecule is C=O.O=C(Oc1ccc(-c2ccc(Oc3ccc(O)cc3)cc2)cc1)c1ccc(O)cc1. The Balaban J connectivity index is 0.00000141. The number of hydrogen-bond donors (Lipinski definition) is 2. The van der Waals surface area contributed by atoms with E-state index in [0.29, 0.717) is 22.8 Å². The zero-order chi connectivity index (χ0) is 22.9. The highest BCUT2D eigenvalue weighted by Gasteiger charge is 2.09. The first-order valence-electron chi connectivity index (χ1n) is 9.54. The molecule has 4 rings (SSSR count). The molecule has 4 aromatic carbocycles. The summed E-state index contributed by atoms with van der Waals surface area (Å²) in [7, 11) is 0. The van der Waals surface area contributed by atoms with Gasteiger partial charge >= 0.3 is 5.97 Å². The molecule has 0 fully saturated rings. The van der Waals surface area contributed by atoms with E-state index >= 15 is 0 Å². The van der Waals surface area contributed by atoms with Gasteiger partial charge in [0.05, 0.1) is 5.56 Å². The van der Waals surface area contributed by atoms with E-state index in [-0.39, 0.29) is 11.5 Å². The van der Waals surface area contributed by atoms with Gasteiger partial charge in [0.2, 0.25) is 0 Å². The molecule has 0 atom stereocenters. The minimum Gasteiger partial charge on any atom is -0.508 e. The van der Waals surface area contributed by atoms with E-state index < -0.39 is 5.97 Å². The van der Waals surface area contributed by atoms with E-state index in [4.69, 9.17) is 14.3 Å². The lowest BCUT2D eigenvalue weighted by Crippen LogP contribution is -2.07.